The highest BCUT2D eigenvalue weighted by atomic mass is 16.4. The van der Waals surface area contributed by atoms with Gasteiger partial charge in [-0.3, -0.25) is 19.3 Å². The molecule has 1 heterocycles. The number of carboxylic acids is 1. The summed E-state index contributed by atoms with van der Waals surface area (Å²) in [6.45, 7) is 0.463. The Morgan fingerprint density at radius 1 is 1.11 bits per heavy atom. The molecule has 1 aliphatic heterocycles. The third kappa shape index (κ3) is 2.54. The van der Waals surface area contributed by atoms with Gasteiger partial charge >= 0.3 is 5.97 Å². The molecule has 1 aliphatic carbocycles. The Kier molecular flexibility index (Phi) is 3.99. The summed E-state index contributed by atoms with van der Waals surface area (Å²) < 4.78 is 0. The number of rotatable bonds is 6. The molecule has 1 saturated carbocycles. The van der Waals surface area contributed by atoms with E-state index < -0.39 is 5.97 Å². The van der Waals surface area contributed by atoms with Gasteiger partial charge in [0.2, 0.25) is 11.8 Å². The largest absolute Gasteiger partial charge is 0.481 e. The van der Waals surface area contributed by atoms with E-state index in [1.807, 2.05) is 0 Å². The van der Waals surface area contributed by atoms with Crippen LogP contribution in [0.25, 0.3) is 0 Å². The number of unbranched alkanes of at least 4 members (excludes halogenated alkanes) is 2. The SMILES string of the molecule is O=C(O)CCCCCN1C(=O)C2CCCC2C1=O. The van der Waals surface area contributed by atoms with Crippen LogP contribution in [0.1, 0.15) is 44.9 Å². The van der Waals surface area contributed by atoms with Crippen LogP contribution in [0.15, 0.2) is 0 Å². The molecule has 5 heteroatoms. The average Bonchev–Trinajstić information content (AvgIpc) is 2.87. The maximum Gasteiger partial charge on any atom is 0.303 e. The van der Waals surface area contributed by atoms with Crippen molar-refractivity contribution in [1.29, 1.82) is 0 Å². The van der Waals surface area contributed by atoms with Gasteiger partial charge in [0.15, 0.2) is 0 Å². The summed E-state index contributed by atoms with van der Waals surface area (Å²) in [6.07, 6.45) is 4.92. The lowest BCUT2D eigenvalue weighted by atomic mass is 10.00. The highest BCUT2D eigenvalue weighted by molar-refractivity contribution is 6.05. The fourth-order valence-corrected chi connectivity index (χ4v) is 3.00. The predicted octanol–water partition coefficient (Wildman–Crippen LogP) is 1.42. The van der Waals surface area contributed by atoms with Crippen molar-refractivity contribution < 1.29 is 19.5 Å². The first kappa shape index (κ1) is 13.1. The summed E-state index contributed by atoms with van der Waals surface area (Å²) in [5.41, 5.74) is 0. The molecule has 1 N–H and O–H groups in total. The van der Waals surface area contributed by atoms with Crippen molar-refractivity contribution in [3.63, 3.8) is 0 Å². The highest BCUT2D eigenvalue weighted by Crippen LogP contribution is 2.39. The third-order valence-corrected chi connectivity index (χ3v) is 3.95. The van der Waals surface area contributed by atoms with E-state index in [0.717, 1.165) is 25.7 Å². The molecule has 0 aromatic carbocycles. The van der Waals surface area contributed by atoms with Crippen molar-refractivity contribution >= 4 is 17.8 Å². The van der Waals surface area contributed by atoms with Crippen LogP contribution in [-0.2, 0) is 14.4 Å². The molecule has 0 spiro atoms. The minimum absolute atomic E-state index is 0.000680. The third-order valence-electron chi connectivity index (χ3n) is 3.95. The molecule has 18 heavy (non-hydrogen) atoms. The molecule has 0 bridgehead atoms. The van der Waals surface area contributed by atoms with Gasteiger partial charge in [0.1, 0.15) is 0 Å². The Morgan fingerprint density at radius 2 is 1.72 bits per heavy atom. The molecule has 1 saturated heterocycles. The first-order valence-corrected chi connectivity index (χ1v) is 6.68. The first-order valence-electron chi connectivity index (χ1n) is 6.68. The molecule has 5 nitrogen and oxygen atoms in total. The van der Waals surface area contributed by atoms with E-state index >= 15 is 0 Å². The molecule has 2 unspecified atom stereocenters. The van der Waals surface area contributed by atoms with Crippen LogP contribution in [0.5, 0.6) is 0 Å². The molecule has 0 aromatic heterocycles. The summed E-state index contributed by atoms with van der Waals surface area (Å²) in [4.78, 5) is 35.7. The zero-order valence-corrected chi connectivity index (χ0v) is 10.4. The number of carbonyl (C=O) groups excluding carboxylic acids is 2. The fraction of sp³-hybridized carbons (Fsp3) is 0.769. The van der Waals surface area contributed by atoms with E-state index in [0.29, 0.717) is 19.4 Å². The topological polar surface area (TPSA) is 74.7 Å². The number of carboxylic acid groups (broad SMARTS) is 1. The Balaban J connectivity index is 1.75. The van der Waals surface area contributed by atoms with Crippen LogP contribution in [0.3, 0.4) is 0 Å². The van der Waals surface area contributed by atoms with Gasteiger partial charge in [-0.2, -0.15) is 0 Å². The zero-order chi connectivity index (χ0) is 13.1. The smallest absolute Gasteiger partial charge is 0.303 e. The number of amides is 2. The normalized spacial score (nSPS) is 26.8. The van der Waals surface area contributed by atoms with Crippen molar-refractivity contribution in [3.8, 4) is 0 Å². The number of fused-ring (bicyclic) bond motifs is 1. The van der Waals surface area contributed by atoms with Crippen LogP contribution < -0.4 is 0 Å². The average molecular weight is 253 g/mol. The van der Waals surface area contributed by atoms with Crippen LogP contribution in [-0.4, -0.2) is 34.3 Å². The number of nitrogens with zero attached hydrogens (tertiary/aromatic N) is 1. The van der Waals surface area contributed by atoms with E-state index in [4.69, 9.17) is 5.11 Å². The number of aliphatic carboxylic acids is 1. The lowest BCUT2D eigenvalue weighted by molar-refractivity contribution is -0.141. The summed E-state index contributed by atoms with van der Waals surface area (Å²) >= 11 is 0. The molecule has 100 valence electrons. The van der Waals surface area contributed by atoms with Crippen LogP contribution in [0, 0.1) is 11.8 Å². The number of hydrogen-bond donors (Lipinski definition) is 1. The van der Waals surface area contributed by atoms with Crippen molar-refractivity contribution in [2.24, 2.45) is 11.8 Å². The molecule has 2 aliphatic rings. The van der Waals surface area contributed by atoms with E-state index in [1.165, 1.54) is 4.90 Å². The van der Waals surface area contributed by atoms with E-state index in [2.05, 4.69) is 0 Å². The molecular weight excluding hydrogens is 234 g/mol. The standard InChI is InChI=1S/C13H19NO4/c15-11(16)7-2-1-3-8-14-12(17)9-5-4-6-10(9)13(14)18/h9-10H,1-8H2,(H,15,16). The van der Waals surface area contributed by atoms with Gasteiger partial charge in [0.25, 0.3) is 0 Å². The molecule has 2 rings (SSSR count). The van der Waals surface area contributed by atoms with Gasteiger partial charge in [-0.05, 0) is 25.7 Å². The number of hydrogen-bond acceptors (Lipinski definition) is 3. The monoisotopic (exact) mass is 253 g/mol. The van der Waals surface area contributed by atoms with Crippen LogP contribution >= 0.6 is 0 Å². The molecular formula is C13H19NO4. The Bertz CT molecular complexity index is 344. The van der Waals surface area contributed by atoms with Gasteiger partial charge in [0, 0.05) is 13.0 Å². The van der Waals surface area contributed by atoms with E-state index in [9.17, 15) is 14.4 Å². The highest BCUT2D eigenvalue weighted by Gasteiger charge is 2.49. The van der Waals surface area contributed by atoms with Crippen molar-refractivity contribution in [3.05, 3.63) is 0 Å². The van der Waals surface area contributed by atoms with Gasteiger partial charge in [-0.25, -0.2) is 0 Å². The molecule has 0 aromatic rings. The van der Waals surface area contributed by atoms with Crippen LogP contribution in [0.2, 0.25) is 0 Å². The number of likely N-dealkylation sites (tertiary alicyclic amines) is 1. The van der Waals surface area contributed by atoms with Crippen molar-refractivity contribution in [2.45, 2.75) is 44.9 Å². The molecule has 2 fully saturated rings. The van der Waals surface area contributed by atoms with Crippen molar-refractivity contribution in [2.75, 3.05) is 6.54 Å². The van der Waals surface area contributed by atoms with Crippen LogP contribution in [0.4, 0.5) is 0 Å². The van der Waals surface area contributed by atoms with Crippen molar-refractivity contribution in [1.82, 2.24) is 4.90 Å². The summed E-state index contributed by atoms with van der Waals surface area (Å²) in [6, 6.07) is 0. The molecule has 2 atom stereocenters. The molecule has 0 radical (unpaired) electrons. The van der Waals surface area contributed by atoms with Gasteiger partial charge in [-0.15, -0.1) is 0 Å². The Morgan fingerprint density at radius 3 is 2.28 bits per heavy atom. The Hall–Kier alpha value is -1.39. The lowest BCUT2D eigenvalue weighted by Crippen LogP contribution is -2.32. The number of imide groups is 1. The van der Waals surface area contributed by atoms with E-state index in [1.54, 1.807) is 0 Å². The molecule has 2 amide bonds. The second-order valence-corrected chi connectivity index (χ2v) is 5.18. The maximum absolute atomic E-state index is 12.0. The van der Waals surface area contributed by atoms with Gasteiger partial charge < -0.3 is 5.11 Å². The summed E-state index contributed by atoms with van der Waals surface area (Å²) in [5.74, 6) is -0.910. The summed E-state index contributed by atoms with van der Waals surface area (Å²) in [5, 5.41) is 8.50. The summed E-state index contributed by atoms with van der Waals surface area (Å²) in [7, 11) is 0. The van der Waals surface area contributed by atoms with E-state index in [-0.39, 0.29) is 30.1 Å². The quantitative estimate of drug-likeness (QED) is 0.573. The minimum atomic E-state index is -0.794. The zero-order valence-electron chi connectivity index (χ0n) is 10.4. The van der Waals surface area contributed by atoms with Gasteiger partial charge in [-0.1, -0.05) is 12.8 Å². The minimum Gasteiger partial charge on any atom is -0.481 e. The second-order valence-electron chi connectivity index (χ2n) is 5.18. The fourth-order valence-electron chi connectivity index (χ4n) is 3.00. The first-order chi connectivity index (χ1) is 8.61. The predicted molar refractivity (Wildman–Crippen MR) is 63.7 cm³/mol. The number of carbonyl (C=O) groups is 3. The Labute approximate surface area is 106 Å². The second kappa shape index (κ2) is 5.50. The van der Waals surface area contributed by atoms with Gasteiger partial charge in [0.05, 0.1) is 11.8 Å². The lowest BCUT2D eigenvalue weighted by Gasteiger charge is -2.15. The maximum atomic E-state index is 12.0.